The quantitative estimate of drug-likeness (QED) is 0.337. The van der Waals surface area contributed by atoms with E-state index in [2.05, 4.69) is 0 Å². The number of hydrogen-bond donors (Lipinski definition) is 5. The standard InChI is InChI=1S/C23H24O13/c1-31-11-4-8(5-12(32-2)15(11)25)22(29)34-7-13-16(26)18(28)21-20(35-13)14-9(23(30)36-21)6-10(24)19(33-3)17(14)27/h4-6,13,16,18,20-21,24-28H,7H2,1-3H3/t13-,16-,18+,20+,21-/m0/s1. The van der Waals surface area contributed by atoms with E-state index in [4.69, 9.17) is 28.4 Å². The topological polar surface area (TPSA) is 191 Å². The first kappa shape index (κ1) is 25.2. The SMILES string of the molecule is COc1cc(C(=O)OC[C@@H]2O[C@@H]3c4c(cc(O)c(OC)c4O)C(=O)O[C@H]3[C@H](O)[C@H]2O)cc(OC)c1O. The zero-order valence-corrected chi connectivity index (χ0v) is 19.3. The molecule has 2 aromatic rings. The van der Waals surface area contributed by atoms with Crippen LogP contribution in [-0.2, 0) is 14.2 Å². The first-order chi connectivity index (χ1) is 17.1. The highest BCUT2D eigenvalue weighted by Crippen LogP contribution is 2.50. The Morgan fingerprint density at radius 1 is 0.944 bits per heavy atom. The average molecular weight is 508 g/mol. The zero-order valence-electron chi connectivity index (χ0n) is 19.3. The van der Waals surface area contributed by atoms with Gasteiger partial charge in [-0.25, -0.2) is 9.59 Å². The molecule has 2 aromatic carbocycles. The van der Waals surface area contributed by atoms with E-state index in [0.29, 0.717) is 0 Å². The van der Waals surface area contributed by atoms with Crippen LogP contribution in [0.4, 0.5) is 0 Å². The number of benzene rings is 2. The van der Waals surface area contributed by atoms with Crippen molar-refractivity contribution in [3.05, 3.63) is 34.9 Å². The average Bonchev–Trinajstić information content (AvgIpc) is 2.86. The van der Waals surface area contributed by atoms with Gasteiger partial charge in [0.1, 0.15) is 31.0 Å². The van der Waals surface area contributed by atoms with Gasteiger partial charge >= 0.3 is 11.9 Å². The fraction of sp³-hybridized carbons (Fsp3) is 0.391. The number of phenolic OH excluding ortho intramolecular Hbond substituents is 3. The summed E-state index contributed by atoms with van der Waals surface area (Å²) in [4.78, 5) is 25.1. The van der Waals surface area contributed by atoms with E-state index in [1.807, 2.05) is 0 Å². The van der Waals surface area contributed by atoms with Crippen LogP contribution in [0.1, 0.15) is 32.4 Å². The fourth-order valence-corrected chi connectivity index (χ4v) is 4.19. The third-order valence-electron chi connectivity index (χ3n) is 6.01. The summed E-state index contributed by atoms with van der Waals surface area (Å²) in [6.07, 6.45) is -7.31. The van der Waals surface area contributed by atoms with E-state index in [-0.39, 0.29) is 39.7 Å². The molecule has 13 nitrogen and oxygen atoms in total. The van der Waals surface area contributed by atoms with Crippen LogP contribution in [0.3, 0.4) is 0 Å². The number of fused-ring (bicyclic) bond motifs is 3. The molecule has 0 aromatic heterocycles. The summed E-state index contributed by atoms with van der Waals surface area (Å²) in [6.45, 7) is -0.551. The van der Waals surface area contributed by atoms with Crippen LogP contribution in [0.2, 0.25) is 0 Å². The van der Waals surface area contributed by atoms with Crippen molar-refractivity contribution < 1.29 is 63.5 Å². The predicted molar refractivity (Wildman–Crippen MR) is 117 cm³/mol. The van der Waals surface area contributed by atoms with Crippen molar-refractivity contribution in [2.24, 2.45) is 0 Å². The molecule has 0 unspecified atom stereocenters. The number of carbonyl (C=O) groups excluding carboxylic acids is 2. The van der Waals surface area contributed by atoms with Gasteiger partial charge in [0.25, 0.3) is 0 Å². The highest BCUT2D eigenvalue weighted by atomic mass is 16.6. The molecule has 194 valence electrons. The minimum absolute atomic E-state index is 0.0400. The second-order valence-electron chi connectivity index (χ2n) is 8.01. The van der Waals surface area contributed by atoms with Gasteiger partial charge in [-0.3, -0.25) is 0 Å². The summed E-state index contributed by atoms with van der Waals surface area (Å²) in [5.74, 6) is -3.71. The molecule has 1 fully saturated rings. The summed E-state index contributed by atoms with van der Waals surface area (Å²) in [5.41, 5.74) is -0.393. The maximum absolute atomic E-state index is 12.7. The van der Waals surface area contributed by atoms with Gasteiger partial charge < -0.3 is 54.0 Å². The van der Waals surface area contributed by atoms with Crippen molar-refractivity contribution in [1.29, 1.82) is 0 Å². The minimum Gasteiger partial charge on any atom is -0.504 e. The maximum Gasteiger partial charge on any atom is 0.339 e. The monoisotopic (exact) mass is 508 g/mol. The normalized spacial score (nSPS) is 24.7. The molecule has 2 aliphatic heterocycles. The van der Waals surface area contributed by atoms with Crippen LogP contribution in [-0.4, -0.2) is 89.8 Å². The van der Waals surface area contributed by atoms with Crippen molar-refractivity contribution in [2.45, 2.75) is 30.5 Å². The molecule has 4 rings (SSSR count). The number of ether oxygens (including phenoxy) is 6. The molecular weight excluding hydrogens is 484 g/mol. The third-order valence-corrected chi connectivity index (χ3v) is 6.01. The second-order valence-corrected chi connectivity index (χ2v) is 8.01. The lowest BCUT2D eigenvalue weighted by molar-refractivity contribution is -0.235. The van der Waals surface area contributed by atoms with E-state index in [9.17, 15) is 35.1 Å². The van der Waals surface area contributed by atoms with Crippen molar-refractivity contribution >= 4 is 11.9 Å². The van der Waals surface area contributed by atoms with Gasteiger partial charge in [0, 0.05) is 5.56 Å². The van der Waals surface area contributed by atoms with E-state index in [0.717, 1.165) is 6.07 Å². The summed E-state index contributed by atoms with van der Waals surface area (Å²) < 4.78 is 31.3. The number of carbonyl (C=O) groups is 2. The van der Waals surface area contributed by atoms with Gasteiger partial charge in [0.15, 0.2) is 29.1 Å². The van der Waals surface area contributed by atoms with Crippen LogP contribution in [0.25, 0.3) is 0 Å². The zero-order chi connectivity index (χ0) is 26.3. The van der Waals surface area contributed by atoms with Crippen molar-refractivity contribution in [2.75, 3.05) is 27.9 Å². The van der Waals surface area contributed by atoms with Gasteiger partial charge in [0.05, 0.1) is 32.5 Å². The molecule has 2 heterocycles. The van der Waals surface area contributed by atoms with E-state index in [1.165, 1.54) is 33.5 Å². The Morgan fingerprint density at radius 3 is 2.17 bits per heavy atom. The Balaban J connectivity index is 1.59. The van der Waals surface area contributed by atoms with Gasteiger partial charge in [0.2, 0.25) is 11.5 Å². The van der Waals surface area contributed by atoms with Gasteiger partial charge in [-0.15, -0.1) is 0 Å². The van der Waals surface area contributed by atoms with E-state index < -0.39 is 60.6 Å². The fourth-order valence-electron chi connectivity index (χ4n) is 4.19. The molecule has 1 saturated heterocycles. The van der Waals surface area contributed by atoms with Gasteiger partial charge in [-0.2, -0.15) is 0 Å². The lowest BCUT2D eigenvalue weighted by atomic mass is 9.86. The molecule has 2 aliphatic rings. The highest BCUT2D eigenvalue weighted by molar-refractivity contribution is 5.95. The van der Waals surface area contributed by atoms with Crippen molar-refractivity contribution in [3.63, 3.8) is 0 Å². The lowest BCUT2D eigenvalue weighted by Crippen LogP contribution is -2.58. The molecule has 5 atom stereocenters. The first-order valence-electron chi connectivity index (χ1n) is 10.6. The van der Waals surface area contributed by atoms with Crippen LogP contribution >= 0.6 is 0 Å². The van der Waals surface area contributed by atoms with Crippen LogP contribution < -0.4 is 14.2 Å². The number of aromatic hydroxyl groups is 3. The molecule has 13 heteroatoms. The first-order valence-corrected chi connectivity index (χ1v) is 10.6. The van der Waals surface area contributed by atoms with Crippen LogP contribution in [0, 0.1) is 0 Å². The van der Waals surface area contributed by atoms with Crippen LogP contribution in [0.15, 0.2) is 18.2 Å². The summed E-state index contributed by atoms with van der Waals surface area (Å²) in [7, 11) is 3.76. The number of rotatable bonds is 6. The van der Waals surface area contributed by atoms with E-state index >= 15 is 0 Å². The largest absolute Gasteiger partial charge is 0.504 e. The highest BCUT2D eigenvalue weighted by Gasteiger charge is 2.52. The number of esters is 2. The molecule has 0 aliphatic carbocycles. The minimum atomic E-state index is -1.67. The number of hydrogen-bond acceptors (Lipinski definition) is 13. The molecular formula is C23H24O13. The smallest absolute Gasteiger partial charge is 0.339 e. The molecule has 36 heavy (non-hydrogen) atoms. The Labute approximate surface area is 203 Å². The molecule has 5 N–H and O–H groups in total. The predicted octanol–water partition coefficient (Wildman–Crippen LogP) is 0.387. The second kappa shape index (κ2) is 9.60. The maximum atomic E-state index is 12.7. The third kappa shape index (κ3) is 4.06. The Bertz CT molecular complexity index is 1170. The Kier molecular flexibility index (Phi) is 6.71. The Morgan fingerprint density at radius 2 is 1.58 bits per heavy atom. The molecule has 0 bridgehead atoms. The molecule has 0 radical (unpaired) electrons. The number of methoxy groups -OCH3 is 3. The van der Waals surface area contributed by atoms with Gasteiger partial charge in [-0.05, 0) is 18.2 Å². The van der Waals surface area contributed by atoms with Crippen molar-refractivity contribution in [3.8, 4) is 34.5 Å². The molecule has 0 saturated carbocycles. The van der Waals surface area contributed by atoms with Crippen LogP contribution in [0.5, 0.6) is 34.5 Å². The Hall–Kier alpha value is -3.94. The van der Waals surface area contributed by atoms with Gasteiger partial charge in [-0.1, -0.05) is 0 Å². The molecule has 0 spiro atoms. The number of phenols is 3. The number of aliphatic hydroxyl groups is 2. The molecule has 0 amide bonds. The number of aliphatic hydroxyl groups excluding tert-OH is 2. The summed E-state index contributed by atoms with van der Waals surface area (Å²) in [5, 5.41) is 51.9. The summed E-state index contributed by atoms with van der Waals surface area (Å²) >= 11 is 0. The summed E-state index contributed by atoms with van der Waals surface area (Å²) in [6, 6.07) is 3.46. The van der Waals surface area contributed by atoms with Crippen molar-refractivity contribution in [1.82, 2.24) is 0 Å². The lowest BCUT2D eigenvalue weighted by Gasteiger charge is -2.44. The van der Waals surface area contributed by atoms with E-state index in [1.54, 1.807) is 0 Å².